The van der Waals surface area contributed by atoms with Crippen molar-refractivity contribution in [2.24, 2.45) is 0 Å². The number of nitrogens with one attached hydrogen (secondary N) is 1. The minimum atomic E-state index is -0.616. The Morgan fingerprint density at radius 2 is 2.16 bits per heavy atom. The van der Waals surface area contributed by atoms with Crippen LogP contribution in [0.3, 0.4) is 0 Å². The number of amides is 1. The number of hydrogen-bond acceptors (Lipinski definition) is 4. The molecular weight excluding hydrogens is 246 g/mol. The van der Waals surface area contributed by atoms with Crippen molar-refractivity contribution in [1.29, 1.82) is 0 Å². The summed E-state index contributed by atoms with van der Waals surface area (Å²) in [5.74, 6) is 0.818. The number of aliphatic hydroxyl groups excluding tert-OH is 1. The predicted octanol–water partition coefficient (Wildman–Crippen LogP) is 1.48. The second kappa shape index (κ2) is 7.63. The van der Waals surface area contributed by atoms with Gasteiger partial charge in [0.1, 0.15) is 0 Å². The molecule has 19 heavy (non-hydrogen) atoms. The van der Waals surface area contributed by atoms with Crippen LogP contribution in [0.4, 0.5) is 0 Å². The van der Waals surface area contributed by atoms with Crippen LogP contribution in [-0.4, -0.2) is 30.8 Å². The fourth-order valence-corrected chi connectivity index (χ4v) is 1.55. The normalized spacial score (nSPS) is 11.8. The molecule has 2 N–H and O–H groups in total. The van der Waals surface area contributed by atoms with Crippen molar-refractivity contribution in [3.63, 3.8) is 0 Å². The van der Waals surface area contributed by atoms with Crippen molar-refractivity contribution in [2.45, 2.75) is 33.0 Å². The van der Waals surface area contributed by atoms with Crippen molar-refractivity contribution in [1.82, 2.24) is 5.32 Å². The molecule has 0 saturated heterocycles. The highest BCUT2D eigenvalue weighted by atomic mass is 16.5. The summed E-state index contributed by atoms with van der Waals surface area (Å²) in [5.41, 5.74) is 0.706. The summed E-state index contributed by atoms with van der Waals surface area (Å²) >= 11 is 0. The summed E-state index contributed by atoms with van der Waals surface area (Å²) in [6.07, 6.45) is 0.260. The zero-order chi connectivity index (χ0) is 14.3. The van der Waals surface area contributed by atoms with E-state index in [1.165, 1.54) is 7.11 Å². The molecule has 5 nitrogen and oxygen atoms in total. The maximum atomic E-state index is 11.7. The Hall–Kier alpha value is -1.75. The highest BCUT2D eigenvalue weighted by Crippen LogP contribution is 2.29. The lowest BCUT2D eigenvalue weighted by Crippen LogP contribution is -2.36. The number of benzene rings is 1. The molecule has 0 bridgehead atoms. The number of aliphatic hydroxyl groups is 1. The minimum absolute atomic E-state index is 0.0865. The Kier molecular flexibility index (Phi) is 6.15. The van der Waals surface area contributed by atoms with E-state index in [9.17, 15) is 4.79 Å². The Bertz CT molecular complexity index is 420. The summed E-state index contributed by atoms with van der Waals surface area (Å²) in [4.78, 5) is 11.7. The molecule has 0 fully saturated rings. The number of carbonyl (C=O) groups is 1. The van der Waals surface area contributed by atoms with E-state index in [2.05, 4.69) is 5.32 Å². The summed E-state index contributed by atoms with van der Waals surface area (Å²) in [6.45, 7) is 4.20. The molecule has 1 amide bonds. The van der Waals surface area contributed by atoms with Gasteiger partial charge in [-0.05, 0) is 31.0 Å². The summed E-state index contributed by atoms with van der Waals surface area (Å²) in [7, 11) is 1.53. The SMILES string of the molecule is CCCNC(=O)C(C)Oc1cc(CO)ccc1OC. The molecule has 0 aromatic heterocycles. The first-order chi connectivity index (χ1) is 9.12. The lowest BCUT2D eigenvalue weighted by molar-refractivity contribution is -0.127. The van der Waals surface area contributed by atoms with Crippen LogP contribution in [0.5, 0.6) is 11.5 Å². The lowest BCUT2D eigenvalue weighted by Gasteiger charge is -2.17. The molecule has 1 rings (SSSR count). The third-order valence-corrected chi connectivity index (χ3v) is 2.63. The number of hydrogen-bond donors (Lipinski definition) is 2. The second-order valence-corrected chi connectivity index (χ2v) is 4.19. The maximum Gasteiger partial charge on any atom is 0.260 e. The van der Waals surface area contributed by atoms with Crippen LogP contribution in [0.25, 0.3) is 0 Å². The summed E-state index contributed by atoms with van der Waals surface area (Å²) < 4.78 is 10.8. The smallest absolute Gasteiger partial charge is 0.260 e. The molecule has 0 heterocycles. The fraction of sp³-hybridized carbons (Fsp3) is 0.500. The number of methoxy groups -OCH3 is 1. The van der Waals surface area contributed by atoms with Crippen molar-refractivity contribution in [3.05, 3.63) is 23.8 Å². The Labute approximate surface area is 113 Å². The van der Waals surface area contributed by atoms with Crippen molar-refractivity contribution < 1.29 is 19.4 Å². The van der Waals surface area contributed by atoms with Gasteiger partial charge in [0.15, 0.2) is 17.6 Å². The van der Waals surface area contributed by atoms with Gasteiger partial charge in [0, 0.05) is 6.54 Å². The van der Waals surface area contributed by atoms with Gasteiger partial charge >= 0.3 is 0 Å². The Morgan fingerprint density at radius 3 is 2.74 bits per heavy atom. The monoisotopic (exact) mass is 267 g/mol. The van der Waals surface area contributed by atoms with Gasteiger partial charge in [-0.15, -0.1) is 0 Å². The molecule has 0 saturated carbocycles. The highest BCUT2D eigenvalue weighted by Gasteiger charge is 2.16. The first kappa shape index (κ1) is 15.3. The maximum absolute atomic E-state index is 11.7. The van der Waals surface area contributed by atoms with E-state index in [-0.39, 0.29) is 12.5 Å². The van der Waals surface area contributed by atoms with Gasteiger partial charge in [0.25, 0.3) is 5.91 Å². The van der Waals surface area contributed by atoms with Gasteiger partial charge in [0.05, 0.1) is 13.7 Å². The van der Waals surface area contributed by atoms with Gasteiger partial charge in [-0.1, -0.05) is 13.0 Å². The van der Waals surface area contributed by atoms with E-state index in [0.717, 1.165) is 6.42 Å². The average Bonchev–Trinajstić information content (AvgIpc) is 2.44. The van der Waals surface area contributed by atoms with Gasteiger partial charge in [-0.25, -0.2) is 0 Å². The molecule has 1 aromatic rings. The Balaban J connectivity index is 2.76. The van der Waals surface area contributed by atoms with Crippen molar-refractivity contribution in [2.75, 3.05) is 13.7 Å². The van der Waals surface area contributed by atoms with Crippen LogP contribution in [0.2, 0.25) is 0 Å². The standard InChI is InChI=1S/C14H21NO4/c1-4-7-15-14(17)10(2)19-13-8-11(9-16)5-6-12(13)18-3/h5-6,8,10,16H,4,7,9H2,1-3H3,(H,15,17). The molecule has 1 unspecified atom stereocenters. The van der Waals surface area contributed by atoms with Crippen LogP contribution in [0, 0.1) is 0 Å². The molecule has 0 radical (unpaired) electrons. The second-order valence-electron chi connectivity index (χ2n) is 4.19. The highest BCUT2D eigenvalue weighted by molar-refractivity contribution is 5.80. The van der Waals surface area contributed by atoms with E-state index >= 15 is 0 Å². The zero-order valence-electron chi connectivity index (χ0n) is 11.6. The molecule has 0 aliphatic rings. The third kappa shape index (κ3) is 4.44. The quantitative estimate of drug-likeness (QED) is 0.785. The van der Waals surface area contributed by atoms with Crippen LogP contribution in [0.15, 0.2) is 18.2 Å². The van der Waals surface area contributed by atoms with Gasteiger partial charge in [-0.3, -0.25) is 4.79 Å². The number of carbonyl (C=O) groups excluding carboxylic acids is 1. The molecular formula is C14H21NO4. The van der Waals surface area contributed by atoms with Gasteiger partial charge in [0.2, 0.25) is 0 Å². The van der Waals surface area contributed by atoms with Crippen molar-refractivity contribution in [3.8, 4) is 11.5 Å². The molecule has 1 aromatic carbocycles. The van der Waals surface area contributed by atoms with E-state index < -0.39 is 6.10 Å². The Morgan fingerprint density at radius 1 is 1.42 bits per heavy atom. The summed E-state index contributed by atoms with van der Waals surface area (Å²) in [5, 5.41) is 11.9. The van der Waals surface area contributed by atoms with Crippen LogP contribution in [0.1, 0.15) is 25.8 Å². The first-order valence-corrected chi connectivity index (χ1v) is 6.34. The van der Waals surface area contributed by atoms with E-state index in [1.807, 2.05) is 6.92 Å². The first-order valence-electron chi connectivity index (χ1n) is 6.34. The zero-order valence-corrected chi connectivity index (χ0v) is 11.6. The molecule has 0 aliphatic heterocycles. The molecule has 1 atom stereocenters. The van der Waals surface area contributed by atoms with Crippen molar-refractivity contribution >= 4 is 5.91 Å². The fourth-order valence-electron chi connectivity index (χ4n) is 1.55. The van der Waals surface area contributed by atoms with Crippen LogP contribution in [-0.2, 0) is 11.4 Å². The number of ether oxygens (including phenoxy) is 2. The topological polar surface area (TPSA) is 67.8 Å². The number of rotatable bonds is 7. The molecule has 5 heteroatoms. The van der Waals surface area contributed by atoms with E-state index in [0.29, 0.717) is 23.6 Å². The molecule has 106 valence electrons. The molecule has 0 spiro atoms. The van der Waals surface area contributed by atoms with E-state index in [1.54, 1.807) is 25.1 Å². The largest absolute Gasteiger partial charge is 0.493 e. The predicted molar refractivity (Wildman–Crippen MR) is 72.3 cm³/mol. The minimum Gasteiger partial charge on any atom is -0.493 e. The van der Waals surface area contributed by atoms with Crippen LogP contribution < -0.4 is 14.8 Å². The van der Waals surface area contributed by atoms with Crippen LogP contribution >= 0.6 is 0 Å². The van der Waals surface area contributed by atoms with E-state index in [4.69, 9.17) is 14.6 Å². The third-order valence-electron chi connectivity index (χ3n) is 2.63. The average molecular weight is 267 g/mol. The molecule has 0 aliphatic carbocycles. The lowest BCUT2D eigenvalue weighted by atomic mass is 10.2. The van der Waals surface area contributed by atoms with Gasteiger partial charge in [-0.2, -0.15) is 0 Å². The van der Waals surface area contributed by atoms with Gasteiger partial charge < -0.3 is 19.9 Å². The summed E-state index contributed by atoms with van der Waals surface area (Å²) in [6, 6.07) is 5.12.